The van der Waals surface area contributed by atoms with E-state index in [2.05, 4.69) is 34.7 Å². The topological polar surface area (TPSA) is 67.8 Å². The summed E-state index contributed by atoms with van der Waals surface area (Å²) in [5.41, 5.74) is 5.26. The molecule has 0 fully saturated rings. The van der Waals surface area contributed by atoms with Gasteiger partial charge in [-0.15, -0.1) is 0 Å². The summed E-state index contributed by atoms with van der Waals surface area (Å²) in [5, 5.41) is 6.80. The molecule has 4 rings (SSSR count). The fourth-order valence-electron chi connectivity index (χ4n) is 3.34. The van der Waals surface area contributed by atoms with Crippen LogP contribution in [0.4, 0.5) is 5.69 Å². The number of nitrogens with one attached hydrogen (secondary N) is 2. The molecule has 1 aromatic heterocycles. The second kappa shape index (κ2) is 9.98. The van der Waals surface area contributed by atoms with Crippen LogP contribution < -0.4 is 20.1 Å². The number of guanidine groups is 1. The lowest BCUT2D eigenvalue weighted by molar-refractivity contribution is 0.297. The molecule has 6 heteroatoms. The summed E-state index contributed by atoms with van der Waals surface area (Å²) < 4.78 is 11.6. The Bertz CT molecular complexity index is 1060. The molecule has 2 N–H and O–H groups in total. The number of aromatic nitrogens is 1. The first-order valence-corrected chi connectivity index (χ1v) is 10.6. The zero-order valence-corrected chi connectivity index (χ0v) is 18.0. The van der Waals surface area contributed by atoms with Crippen LogP contribution in [-0.4, -0.2) is 24.2 Å². The Kier molecular flexibility index (Phi) is 6.67. The number of anilines is 1. The van der Waals surface area contributed by atoms with Gasteiger partial charge in [-0.05, 0) is 49.2 Å². The zero-order chi connectivity index (χ0) is 21.5. The summed E-state index contributed by atoms with van der Waals surface area (Å²) in [6, 6.07) is 20.2. The van der Waals surface area contributed by atoms with Crippen molar-refractivity contribution in [2.45, 2.75) is 33.4 Å². The predicted octanol–water partition coefficient (Wildman–Crippen LogP) is 4.62. The Hall–Kier alpha value is -3.54. The lowest BCUT2D eigenvalue weighted by Crippen LogP contribution is -2.31. The minimum Gasteiger partial charge on any atom is -0.490 e. The number of benzene rings is 2. The number of aryl methyl sites for hydroxylation is 2. The van der Waals surface area contributed by atoms with Crippen molar-refractivity contribution in [3.8, 4) is 11.5 Å². The number of rotatable bonds is 5. The van der Waals surface area contributed by atoms with Crippen molar-refractivity contribution in [1.82, 2.24) is 10.3 Å². The first-order chi connectivity index (χ1) is 15.2. The van der Waals surface area contributed by atoms with E-state index in [1.165, 1.54) is 11.1 Å². The average Bonchev–Trinajstić information content (AvgIpc) is 3.02. The van der Waals surface area contributed by atoms with Crippen molar-refractivity contribution >= 4 is 11.6 Å². The number of ether oxygens (including phenoxy) is 2. The van der Waals surface area contributed by atoms with Crippen molar-refractivity contribution in [3.05, 3.63) is 83.2 Å². The van der Waals surface area contributed by atoms with Crippen LogP contribution in [-0.2, 0) is 13.1 Å². The molecule has 0 radical (unpaired) electrons. The van der Waals surface area contributed by atoms with Gasteiger partial charge in [0.1, 0.15) is 0 Å². The molecule has 6 nitrogen and oxygen atoms in total. The van der Waals surface area contributed by atoms with Gasteiger partial charge in [0.25, 0.3) is 0 Å². The maximum absolute atomic E-state index is 5.82. The highest BCUT2D eigenvalue weighted by Crippen LogP contribution is 2.32. The Labute approximate surface area is 183 Å². The molecule has 0 spiro atoms. The number of pyridine rings is 1. The van der Waals surface area contributed by atoms with Gasteiger partial charge in [-0.1, -0.05) is 30.3 Å². The third-order valence-electron chi connectivity index (χ3n) is 5.06. The predicted molar refractivity (Wildman–Crippen MR) is 124 cm³/mol. The SMILES string of the molecule is Cc1cccc(CNC(=NCc2ccccc2C)Nc2ccc3c(c2)OCCCO3)n1. The molecule has 2 heterocycles. The Morgan fingerprint density at radius 1 is 0.968 bits per heavy atom. The van der Waals surface area contributed by atoms with Crippen LogP contribution in [0, 0.1) is 13.8 Å². The molecule has 31 heavy (non-hydrogen) atoms. The minimum absolute atomic E-state index is 0.575. The minimum atomic E-state index is 0.575. The molecule has 2 aromatic carbocycles. The molecule has 0 atom stereocenters. The van der Waals surface area contributed by atoms with Crippen LogP contribution in [0.15, 0.2) is 65.7 Å². The van der Waals surface area contributed by atoms with E-state index in [1.54, 1.807) is 0 Å². The van der Waals surface area contributed by atoms with Crippen LogP contribution in [0.5, 0.6) is 11.5 Å². The molecule has 0 bridgehead atoms. The summed E-state index contributed by atoms with van der Waals surface area (Å²) in [4.78, 5) is 9.38. The maximum atomic E-state index is 5.82. The summed E-state index contributed by atoms with van der Waals surface area (Å²) in [7, 11) is 0. The van der Waals surface area contributed by atoms with Crippen LogP contribution in [0.2, 0.25) is 0 Å². The van der Waals surface area contributed by atoms with Gasteiger partial charge in [0.05, 0.1) is 32.0 Å². The van der Waals surface area contributed by atoms with Gasteiger partial charge in [0, 0.05) is 23.9 Å². The molecule has 0 unspecified atom stereocenters. The van der Waals surface area contributed by atoms with E-state index < -0.39 is 0 Å². The molecule has 0 amide bonds. The smallest absolute Gasteiger partial charge is 0.196 e. The number of hydrogen-bond donors (Lipinski definition) is 2. The molecule has 0 saturated carbocycles. The quantitative estimate of drug-likeness (QED) is 0.469. The second-order valence-electron chi connectivity index (χ2n) is 7.55. The van der Waals surface area contributed by atoms with Gasteiger partial charge >= 0.3 is 0 Å². The van der Waals surface area contributed by atoms with Crippen LogP contribution in [0.3, 0.4) is 0 Å². The monoisotopic (exact) mass is 416 g/mol. The fraction of sp³-hybridized carbons (Fsp3) is 0.280. The van der Waals surface area contributed by atoms with E-state index in [4.69, 9.17) is 14.5 Å². The number of nitrogens with zero attached hydrogens (tertiary/aromatic N) is 2. The highest BCUT2D eigenvalue weighted by molar-refractivity contribution is 5.93. The largest absolute Gasteiger partial charge is 0.490 e. The molecule has 1 aliphatic rings. The lowest BCUT2D eigenvalue weighted by Gasteiger charge is -2.15. The van der Waals surface area contributed by atoms with Gasteiger partial charge in [0.2, 0.25) is 0 Å². The van der Waals surface area contributed by atoms with Crippen molar-refractivity contribution in [2.24, 2.45) is 4.99 Å². The molecular formula is C25H28N4O2. The maximum Gasteiger partial charge on any atom is 0.196 e. The molecule has 3 aromatic rings. The summed E-state index contributed by atoms with van der Waals surface area (Å²) in [6.07, 6.45) is 0.881. The van der Waals surface area contributed by atoms with Crippen molar-refractivity contribution in [2.75, 3.05) is 18.5 Å². The van der Waals surface area contributed by atoms with Crippen LogP contribution in [0.1, 0.15) is 28.9 Å². The summed E-state index contributed by atoms with van der Waals surface area (Å²) in [5.74, 6) is 2.21. The fourth-order valence-corrected chi connectivity index (χ4v) is 3.34. The third kappa shape index (κ3) is 5.75. The molecule has 0 saturated heterocycles. The lowest BCUT2D eigenvalue weighted by atomic mass is 10.1. The number of aliphatic imine (C=N–C) groups is 1. The molecular weight excluding hydrogens is 388 g/mol. The first kappa shape index (κ1) is 20.7. The van der Waals surface area contributed by atoms with Gasteiger partial charge in [0.15, 0.2) is 17.5 Å². The van der Waals surface area contributed by atoms with E-state index >= 15 is 0 Å². The third-order valence-corrected chi connectivity index (χ3v) is 5.06. The van der Waals surface area contributed by atoms with Crippen LogP contribution >= 0.6 is 0 Å². The van der Waals surface area contributed by atoms with Crippen molar-refractivity contribution in [3.63, 3.8) is 0 Å². The second-order valence-corrected chi connectivity index (χ2v) is 7.55. The summed E-state index contributed by atoms with van der Waals surface area (Å²) >= 11 is 0. The Morgan fingerprint density at radius 3 is 2.65 bits per heavy atom. The molecule has 0 aliphatic carbocycles. The highest BCUT2D eigenvalue weighted by Gasteiger charge is 2.12. The van der Waals surface area contributed by atoms with Gasteiger partial charge < -0.3 is 20.1 Å². The van der Waals surface area contributed by atoms with Gasteiger partial charge in [-0.25, -0.2) is 4.99 Å². The standard InChI is InChI=1S/C25H28N4O2/c1-18-7-3-4-9-20(18)16-26-25(27-17-22-10-5-8-19(2)28-22)29-21-11-12-23-24(15-21)31-14-6-13-30-23/h3-5,7-12,15H,6,13-14,16-17H2,1-2H3,(H2,26,27,29). The zero-order valence-electron chi connectivity index (χ0n) is 18.0. The summed E-state index contributed by atoms with van der Waals surface area (Å²) in [6.45, 7) is 6.58. The Morgan fingerprint density at radius 2 is 1.81 bits per heavy atom. The number of hydrogen-bond acceptors (Lipinski definition) is 4. The molecule has 1 aliphatic heterocycles. The number of fused-ring (bicyclic) bond motifs is 1. The van der Waals surface area contributed by atoms with Crippen molar-refractivity contribution < 1.29 is 9.47 Å². The van der Waals surface area contributed by atoms with Crippen molar-refractivity contribution in [1.29, 1.82) is 0 Å². The van der Waals surface area contributed by atoms with Gasteiger partial charge in [-0.3, -0.25) is 4.98 Å². The average molecular weight is 417 g/mol. The van der Waals surface area contributed by atoms with E-state index in [-0.39, 0.29) is 0 Å². The van der Waals surface area contributed by atoms with Gasteiger partial charge in [-0.2, -0.15) is 0 Å². The highest BCUT2D eigenvalue weighted by atomic mass is 16.5. The van der Waals surface area contributed by atoms with E-state index in [0.29, 0.717) is 32.3 Å². The van der Waals surface area contributed by atoms with E-state index in [0.717, 1.165) is 35.0 Å². The first-order valence-electron chi connectivity index (χ1n) is 10.6. The van der Waals surface area contributed by atoms with Crippen LogP contribution in [0.25, 0.3) is 0 Å². The molecule has 160 valence electrons. The van der Waals surface area contributed by atoms with E-state index in [9.17, 15) is 0 Å². The van der Waals surface area contributed by atoms with E-state index in [1.807, 2.05) is 55.5 Å². The Balaban J connectivity index is 1.53. The normalized spacial score (nSPS) is 13.4.